The maximum Gasteiger partial charge on any atom is 0.407 e. The van der Waals surface area contributed by atoms with Gasteiger partial charge in [-0.1, -0.05) is 62.4 Å². The molecule has 3 rings (SSSR count). The molecular weight excluding hydrogens is 456 g/mol. The average Bonchev–Trinajstić information content (AvgIpc) is 3.32. The van der Waals surface area contributed by atoms with Crippen molar-refractivity contribution in [1.29, 1.82) is 0 Å². The largest absolute Gasteiger partial charge is 0.444 e. The van der Waals surface area contributed by atoms with Crippen LogP contribution in [0.25, 0.3) is 0 Å². The summed E-state index contributed by atoms with van der Waals surface area (Å²) in [5, 5.41) is 13.9. The SMILES string of the molecule is CC(C)CN(C[C@@H](O)[C@H](Cc1ccccc1)NC(=O)O[C@H]1CCOC1)S(=O)(=O)c1ccccc1. The van der Waals surface area contributed by atoms with Crippen LogP contribution in [-0.2, 0) is 25.9 Å². The zero-order valence-electron chi connectivity index (χ0n) is 19.7. The molecule has 0 radical (unpaired) electrons. The Hall–Kier alpha value is -2.46. The molecule has 8 nitrogen and oxygen atoms in total. The van der Waals surface area contributed by atoms with E-state index in [-0.39, 0.29) is 30.0 Å². The number of benzene rings is 2. The number of aliphatic hydroxyl groups excluding tert-OH is 1. The fourth-order valence-corrected chi connectivity index (χ4v) is 5.49. The van der Waals surface area contributed by atoms with Gasteiger partial charge in [0.1, 0.15) is 6.10 Å². The highest BCUT2D eigenvalue weighted by atomic mass is 32.2. The minimum atomic E-state index is -3.83. The van der Waals surface area contributed by atoms with Gasteiger partial charge in [-0.3, -0.25) is 0 Å². The lowest BCUT2D eigenvalue weighted by molar-refractivity contribution is 0.0644. The molecule has 1 amide bonds. The quantitative estimate of drug-likeness (QED) is 0.502. The van der Waals surface area contributed by atoms with Gasteiger partial charge in [-0.2, -0.15) is 4.31 Å². The molecular formula is C25H34N2O6S. The molecule has 0 aromatic heterocycles. The second kappa shape index (κ2) is 12.3. The van der Waals surface area contributed by atoms with Crippen molar-refractivity contribution in [3.05, 3.63) is 66.2 Å². The number of nitrogens with one attached hydrogen (secondary N) is 1. The van der Waals surface area contributed by atoms with Gasteiger partial charge >= 0.3 is 6.09 Å². The molecule has 0 aliphatic carbocycles. The van der Waals surface area contributed by atoms with Crippen molar-refractivity contribution in [2.75, 3.05) is 26.3 Å². The third kappa shape index (κ3) is 7.53. The van der Waals surface area contributed by atoms with Gasteiger partial charge in [-0.05, 0) is 30.0 Å². The Balaban J connectivity index is 1.78. The van der Waals surface area contributed by atoms with Crippen LogP contribution in [0.15, 0.2) is 65.6 Å². The lowest BCUT2D eigenvalue weighted by atomic mass is 10.0. The van der Waals surface area contributed by atoms with Gasteiger partial charge in [0.2, 0.25) is 10.0 Å². The number of sulfonamides is 1. The lowest BCUT2D eigenvalue weighted by Gasteiger charge is -2.30. The molecule has 0 bridgehead atoms. The maximum absolute atomic E-state index is 13.3. The monoisotopic (exact) mass is 490 g/mol. The summed E-state index contributed by atoms with van der Waals surface area (Å²) in [7, 11) is -3.83. The summed E-state index contributed by atoms with van der Waals surface area (Å²) in [6.07, 6.45) is -1.21. The van der Waals surface area contributed by atoms with Crippen molar-refractivity contribution >= 4 is 16.1 Å². The number of aliphatic hydroxyl groups is 1. The number of alkyl carbamates (subject to hydrolysis) is 1. The summed E-state index contributed by atoms with van der Waals surface area (Å²) in [6.45, 7) is 4.78. The normalized spacial score (nSPS) is 18.1. The van der Waals surface area contributed by atoms with Crippen molar-refractivity contribution < 1.29 is 27.8 Å². The summed E-state index contributed by atoms with van der Waals surface area (Å²) in [6, 6.07) is 16.8. The van der Waals surface area contributed by atoms with Gasteiger partial charge in [0.05, 0.1) is 30.3 Å². The van der Waals surface area contributed by atoms with Gasteiger partial charge < -0.3 is 19.9 Å². The Morgan fingerprint density at radius 1 is 1.12 bits per heavy atom. The lowest BCUT2D eigenvalue weighted by Crippen LogP contribution is -2.51. The number of ether oxygens (including phenoxy) is 2. The molecule has 2 N–H and O–H groups in total. The van der Waals surface area contributed by atoms with Gasteiger partial charge in [-0.25, -0.2) is 13.2 Å². The second-order valence-corrected chi connectivity index (χ2v) is 10.9. The number of carbonyl (C=O) groups excluding carboxylic acids is 1. The summed E-state index contributed by atoms with van der Waals surface area (Å²) in [4.78, 5) is 12.7. The smallest absolute Gasteiger partial charge is 0.407 e. The van der Waals surface area contributed by atoms with E-state index in [1.165, 1.54) is 16.4 Å². The number of carbonyl (C=O) groups is 1. The number of amides is 1. The van der Waals surface area contributed by atoms with Gasteiger partial charge in [-0.15, -0.1) is 0 Å². The minimum absolute atomic E-state index is 0.0403. The van der Waals surface area contributed by atoms with E-state index >= 15 is 0 Å². The molecule has 34 heavy (non-hydrogen) atoms. The minimum Gasteiger partial charge on any atom is -0.444 e. The molecule has 0 unspecified atom stereocenters. The summed E-state index contributed by atoms with van der Waals surface area (Å²) in [5.41, 5.74) is 0.900. The van der Waals surface area contributed by atoms with Crippen LogP contribution < -0.4 is 5.32 Å². The molecule has 1 aliphatic rings. The molecule has 0 spiro atoms. The van der Waals surface area contributed by atoms with E-state index < -0.39 is 28.3 Å². The summed E-state index contributed by atoms with van der Waals surface area (Å²) < 4.78 is 38.6. The van der Waals surface area contributed by atoms with Crippen LogP contribution in [0.5, 0.6) is 0 Å². The maximum atomic E-state index is 13.3. The standard InChI is InChI=1S/C25H34N2O6S/c1-19(2)16-27(34(30,31)22-11-7-4-8-12-22)17-24(28)23(15-20-9-5-3-6-10-20)26-25(29)33-21-13-14-32-18-21/h3-12,19,21,23-24,28H,13-18H2,1-2H3,(H,26,29)/t21-,23-,24+/m0/s1. The molecule has 2 aromatic rings. The molecule has 2 aromatic carbocycles. The number of rotatable bonds is 11. The predicted molar refractivity (Wildman–Crippen MR) is 129 cm³/mol. The van der Waals surface area contributed by atoms with Crippen LogP contribution >= 0.6 is 0 Å². The van der Waals surface area contributed by atoms with Crippen molar-refractivity contribution in [3.63, 3.8) is 0 Å². The van der Waals surface area contributed by atoms with E-state index in [4.69, 9.17) is 9.47 Å². The van der Waals surface area contributed by atoms with E-state index in [9.17, 15) is 18.3 Å². The molecule has 1 heterocycles. The Morgan fingerprint density at radius 3 is 2.35 bits per heavy atom. The number of hydrogen-bond acceptors (Lipinski definition) is 6. The topological polar surface area (TPSA) is 105 Å². The van der Waals surface area contributed by atoms with Crippen LogP contribution in [0, 0.1) is 5.92 Å². The third-order valence-electron chi connectivity index (χ3n) is 5.57. The Kier molecular flexibility index (Phi) is 9.46. The molecule has 1 fully saturated rings. The number of nitrogens with zero attached hydrogens (tertiary/aromatic N) is 1. The Labute approximate surface area is 201 Å². The van der Waals surface area contributed by atoms with Crippen molar-refractivity contribution in [2.24, 2.45) is 5.92 Å². The predicted octanol–water partition coefficient (Wildman–Crippen LogP) is 2.82. The van der Waals surface area contributed by atoms with Gasteiger partial charge in [0.15, 0.2) is 0 Å². The fourth-order valence-electron chi connectivity index (χ4n) is 3.85. The Morgan fingerprint density at radius 2 is 1.76 bits per heavy atom. The van der Waals surface area contributed by atoms with E-state index in [1.54, 1.807) is 18.2 Å². The summed E-state index contributed by atoms with van der Waals surface area (Å²) >= 11 is 0. The van der Waals surface area contributed by atoms with Crippen LogP contribution in [0.3, 0.4) is 0 Å². The van der Waals surface area contributed by atoms with Crippen LogP contribution in [0.1, 0.15) is 25.8 Å². The van der Waals surface area contributed by atoms with Crippen molar-refractivity contribution in [2.45, 2.75) is 49.8 Å². The van der Waals surface area contributed by atoms with Crippen LogP contribution in [-0.4, -0.2) is 68.5 Å². The van der Waals surface area contributed by atoms with Gasteiger partial charge in [0, 0.05) is 19.5 Å². The molecule has 9 heteroatoms. The molecule has 186 valence electrons. The zero-order valence-corrected chi connectivity index (χ0v) is 20.5. The molecule has 1 aliphatic heterocycles. The summed E-state index contributed by atoms with van der Waals surface area (Å²) in [5.74, 6) is 0.0403. The van der Waals surface area contributed by atoms with Crippen LogP contribution in [0.2, 0.25) is 0 Å². The number of hydrogen-bond donors (Lipinski definition) is 2. The highest BCUT2D eigenvalue weighted by Gasteiger charge is 2.32. The first kappa shape index (κ1) is 26.2. The van der Waals surface area contributed by atoms with E-state index in [0.717, 1.165) is 5.56 Å². The average molecular weight is 491 g/mol. The van der Waals surface area contributed by atoms with Crippen LogP contribution in [0.4, 0.5) is 4.79 Å². The zero-order chi connectivity index (χ0) is 24.6. The van der Waals surface area contributed by atoms with Gasteiger partial charge in [0.25, 0.3) is 0 Å². The fraction of sp³-hybridized carbons (Fsp3) is 0.480. The first-order chi connectivity index (χ1) is 16.3. The van der Waals surface area contributed by atoms with Crippen molar-refractivity contribution in [1.82, 2.24) is 9.62 Å². The van der Waals surface area contributed by atoms with E-state index in [2.05, 4.69) is 5.32 Å². The highest BCUT2D eigenvalue weighted by molar-refractivity contribution is 7.89. The first-order valence-electron chi connectivity index (χ1n) is 11.6. The second-order valence-electron chi connectivity index (χ2n) is 8.93. The van der Waals surface area contributed by atoms with E-state index in [1.807, 2.05) is 44.2 Å². The van der Waals surface area contributed by atoms with E-state index in [0.29, 0.717) is 26.1 Å². The Bertz CT molecular complexity index is 995. The molecule has 1 saturated heterocycles. The van der Waals surface area contributed by atoms with Crippen molar-refractivity contribution in [3.8, 4) is 0 Å². The highest BCUT2D eigenvalue weighted by Crippen LogP contribution is 2.19. The first-order valence-corrected chi connectivity index (χ1v) is 13.0. The molecule has 3 atom stereocenters. The molecule has 0 saturated carbocycles. The third-order valence-corrected chi connectivity index (χ3v) is 7.41.